The summed E-state index contributed by atoms with van der Waals surface area (Å²) >= 11 is 3.37. The molecule has 1 heterocycles. The summed E-state index contributed by atoms with van der Waals surface area (Å²) in [5.74, 6) is 0.691. The molecule has 0 saturated carbocycles. The minimum absolute atomic E-state index is 0.0533. The second-order valence-electron chi connectivity index (χ2n) is 4.63. The van der Waals surface area contributed by atoms with Gasteiger partial charge in [-0.1, -0.05) is 22.9 Å². The molecule has 1 aromatic carbocycles. The van der Waals surface area contributed by atoms with E-state index in [0.717, 1.165) is 29.5 Å². The van der Waals surface area contributed by atoms with Crippen LogP contribution in [0.3, 0.4) is 0 Å². The van der Waals surface area contributed by atoms with Gasteiger partial charge in [-0.25, -0.2) is 0 Å². The summed E-state index contributed by atoms with van der Waals surface area (Å²) in [6.45, 7) is 3.13. The van der Waals surface area contributed by atoms with Gasteiger partial charge in [-0.05, 0) is 49.6 Å². The largest absolute Gasteiger partial charge is 0.325 e. The van der Waals surface area contributed by atoms with Gasteiger partial charge < -0.3 is 10.6 Å². The summed E-state index contributed by atoms with van der Waals surface area (Å²) < 4.78 is 1.01. The molecule has 1 aliphatic heterocycles. The molecule has 2 unspecified atom stereocenters. The highest BCUT2D eigenvalue weighted by molar-refractivity contribution is 9.10. The molecule has 2 rings (SSSR count). The predicted octanol–water partition coefficient (Wildman–Crippen LogP) is 2.78. The zero-order valence-electron chi connectivity index (χ0n) is 9.87. The maximum atomic E-state index is 12.0. The molecule has 4 heteroatoms. The number of halogens is 1. The normalized spacial score (nSPS) is 24.4. The number of hydrogen-bond donors (Lipinski definition) is 2. The van der Waals surface area contributed by atoms with E-state index in [-0.39, 0.29) is 11.9 Å². The molecule has 1 aromatic rings. The van der Waals surface area contributed by atoms with Gasteiger partial charge in [0.15, 0.2) is 0 Å². The monoisotopic (exact) mass is 296 g/mol. The molecular formula is C13H17BrN2O. The number of rotatable bonds is 2. The number of anilines is 1. The Hall–Kier alpha value is -0.870. The fourth-order valence-corrected chi connectivity index (χ4v) is 2.33. The highest BCUT2D eigenvalue weighted by atomic mass is 79.9. The average Bonchev–Trinajstić information content (AvgIpc) is 2.32. The molecule has 3 nitrogen and oxygen atoms in total. The maximum absolute atomic E-state index is 12.0. The minimum atomic E-state index is -0.0533. The van der Waals surface area contributed by atoms with Crippen LogP contribution in [0.5, 0.6) is 0 Å². The quantitative estimate of drug-likeness (QED) is 0.881. The summed E-state index contributed by atoms with van der Waals surface area (Å²) in [4.78, 5) is 12.0. The third-order valence-corrected chi connectivity index (χ3v) is 3.62. The highest BCUT2D eigenvalue weighted by Crippen LogP contribution is 2.18. The average molecular weight is 297 g/mol. The van der Waals surface area contributed by atoms with Gasteiger partial charge in [-0.3, -0.25) is 4.79 Å². The van der Waals surface area contributed by atoms with Crippen molar-refractivity contribution in [2.45, 2.75) is 25.8 Å². The lowest BCUT2D eigenvalue weighted by molar-refractivity contribution is -0.119. The molecule has 92 valence electrons. The molecule has 1 aliphatic rings. The minimum Gasteiger partial charge on any atom is -0.325 e. The smallest absolute Gasteiger partial charge is 0.241 e. The van der Waals surface area contributed by atoms with Crippen molar-refractivity contribution in [2.75, 3.05) is 11.9 Å². The van der Waals surface area contributed by atoms with Crippen molar-refractivity contribution in [2.24, 2.45) is 5.92 Å². The molecule has 0 bridgehead atoms. The van der Waals surface area contributed by atoms with Crippen LogP contribution in [0.15, 0.2) is 28.7 Å². The van der Waals surface area contributed by atoms with E-state index >= 15 is 0 Å². The zero-order chi connectivity index (χ0) is 12.3. The Kier molecular flexibility index (Phi) is 4.18. The van der Waals surface area contributed by atoms with Crippen molar-refractivity contribution in [3.63, 3.8) is 0 Å². The molecule has 0 aromatic heterocycles. The van der Waals surface area contributed by atoms with Gasteiger partial charge in [0.05, 0.1) is 6.04 Å². The van der Waals surface area contributed by atoms with E-state index in [1.807, 2.05) is 24.3 Å². The first-order chi connectivity index (χ1) is 8.15. The molecule has 0 aliphatic carbocycles. The number of piperidine rings is 1. The van der Waals surface area contributed by atoms with E-state index in [9.17, 15) is 4.79 Å². The second-order valence-corrected chi connectivity index (χ2v) is 5.55. The maximum Gasteiger partial charge on any atom is 0.241 e. The van der Waals surface area contributed by atoms with E-state index in [4.69, 9.17) is 0 Å². The Morgan fingerprint density at radius 3 is 2.76 bits per heavy atom. The van der Waals surface area contributed by atoms with E-state index in [2.05, 4.69) is 33.5 Å². The standard InChI is InChI=1S/C13H17BrN2O/c1-9-6-7-15-12(8-9)13(17)16-11-4-2-10(14)3-5-11/h2-5,9,12,15H,6-8H2,1H3,(H,16,17). The van der Waals surface area contributed by atoms with E-state index < -0.39 is 0 Å². The molecule has 17 heavy (non-hydrogen) atoms. The molecule has 0 radical (unpaired) electrons. The first-order valence-corrected chi connectivity index (χ1v) is 6.74. The zero-order valence-corrected chi connectivity index (χ0v) is 11.5. The number of amides is 1. The molecule has 2 atom stereocenters. The van der Waals surface area contributed by atoms with Crippen molar-refractivity contribution in [1.82, 2.24) is 5.32 Å². The lowest BCUT2D eigenvalue weighted by Crippen LogP contribution is -2.45. The summed E-state index contributed by atoms with van der Waals surface area (Å²) in [7, 11) is 0. The third kappa shape index (κ3) is 3.54. The van der Waals surface area contributed by atoms with Crippen LogP contribution in [0.4, 0.5) is 5.69 Å². The number of hydrogen-bond acceptors (Lipinski definition) is 2. The Bertz CT molecular complexity index is 391. The Morgan fingerprint density at radius 1 is 1.41 bits per heavy atom. The van der Waals surface area contributed by atoms with Gasteiger partial charge in [0.25, 0.3) is 0 Å². The lowest BCUT2D eigenvalue weighted by atomic mass is 9.94. The van der Waals surface area contributed by atoms with Crippen LogP contribution >= 0.6 is 15.9 Å². The molecule has 1 amide bonds. The van der Waals surface area contributed by atoms with Gasteiger partial charge >= 0.3 is 0 Å². The lowest BCUT2D eigenvalue weighted by Gasteiger charge is -2.27. The van der Waals surface area contributed by atoms with Gasteiger partial charge in [0, 0.05) is 10.2 Å². The fraction of sp³-hybridized carbons (Fsp3) is 0.462. The van der Waals surface area contributed by atoms with Crippen LogP contribution in [-0.2, 0) is 4.79 Å². The topological polar surface area (TPSA) is 41.1 Å². The summed E-state index contributed by atoms with van der Waals surface area (Å²) in [6.07, 6.45) is 2.07. The van der Waals surface area contributed by atoms with Crippen LogP contribution in [0.25, 0.3) is 0 Å². The van der Waals surface area contributed by atoms with Crippen LogP contribution in [0, 0.1) is 5.92 Å². The Balaban J connectivity index is 1.94. The van der Waals surface area contributed by atoms with Gasteiger partial charge in [-0.2, -0.15) is 0 Å². The summed E-state index contributed by atoms with van der Waals surface area (Å²) in [6, 6.07) is 7.59. The van der Waals surface area contributed by atoms with E-state index in [0.29, 0.717) is 5.92 Å². The fourth-order valence-electron chi connectivity index (χ4n) is 2.07. The van der Waals surface area contributed by atoms with Crippen LogP contribution < -0.4 is 10.6 Å². The number of benzene rings is 1. The molecule has 2 N–H and O–H groups in total. The summed E-state index contributed by atoms with van der Waals surface area (Å²) in [5.41, 5.74) is 0.846. The Labute approximate surface area is 110 Å². The summed E-state index contributed by atoms with van der Waals surface area (Å²) in [5, 5.41) is 6.20. The van der Waals surface area contributed by atoms with E-state index in [1.165, 1.54) is 0 Å². The van der Waals surface area contributed by atoms with Gasteiger partial charge in [0.2, 0.25) is 5.91 Å². The van der Waals surface area contributed by atoms with Gasteiger partial charge in [-0.15, -0.1) is 0 Å². The molecule has 1 fully saturated rings. The molecule has 0 spiro atoms. The van der Waals surface area contributed by atoms with Crippen molar-refractivity contribution in [1.29, 1.82) is 0 Å². The number of carbonyl (C=O) groups excluding carboxylic acids is 1. The second kappa shape index (κ2) is 5.65. The molecule has 1 saturated heterocycles. The highest BCUT2D eigenvalue weighted by Gasteiger charge is 2.24. The van der Waals surface area contributed by atoms with E-state index in [1.54, 1.807) is 0 Å². The number of nitrogens with one attached hydrogen (secondary N) is 2. The van der Waals surface area contributed by atoms with Crippen molar-refractivity contribution >= 4 is 27.5 Å². The van der Waals surface area contributed by atoms with Crippen LogP contribution in [0.2, 0.25) is 0 Å². The first-order valence-electron chi connectivity index (χ1n) is 5.95. The Morgan fingerprint density at radius 2 is 2.12 bits per heavy atom. The van der Waals surface area contributed by atoms with Crippen molar-refractivity contribution in [3.05, 3.63) is 28.7 Å². The van der Waals surface area contributed by atoms with Crippen LogP contribution in [-0.4, -0.2) is 18.5 Å². The number of carbonyl (C=O) groups is 1. The first kappa shape index (κ1) is 12.6. The predicted molar refractivity (Wildman–Crippen MR) is 73.0 cm³/mol. The van der Waals surface area contributed by atoms with Gasteiger partial charge in [0.1, 0.15) is 0 Å². The molecular weight excluding hydrogens is 280 g/mol. The van der Waals surface area contributed by atoms with Crippen molar-refractivity contribution < 1.29 is 4.79 Å². The van der Waals surface area contributed by atoms with Crippen LogP contribution in [0.1, 0.15) is 19.8 Å². The third-order valence-electron chi connectivity index (χ3n) is 3.09. The SMILES string of the molecule is CC1CCNC(C(=O)Nc2ccc(Br)cc2)C1. The van der Waals surface area contributed by atoms with Crippen molar-refractivity contribution in [3.8, 4) is 0 Å².